The highest BCUT2D eigenvalue weighted by Gasteiger charge is 1.92. The van der Waals surface area contributed by atoms with Crippen LogP contribution in [0.1, 0.15) is 104 Å². The molecule has 0 saturated carbocycles. The van der Waals surface area contributed by atoms with E-state index in [1.807, 2.05) is 0 Å². The molecule has 0 N–H and O–H groups in total. The summed E-state index contributed by atoms with van der Waals surface area (Å²) in [6.07, 6.45) is 21.1. The van der Waals surface area contributed by atoms with Crippen LogP contribution in [-0.2, 0) is 4.74 Å². The zero-order chi connectivity index (χ0) is 14.7. The largest absolute Gasteiger partial charge is 0.439 e. The van der Waals surface area contributed by atoms with Crippen LogP contribution in [0.2, 0.25) is 0 Å². The second kappa shape index (κ2) is 18.4. The second-order valence-corrected chi connectivity index (χ2v) is 5.64. The molecule has 1 heteroatoms. The lowest BCUT2D eigenvalue weighted by Crippen LogP contribution is -1.82. The predicted octanol–water partition coefficient (Wildman–Crippen LogP) is 6.63. The third-order valence-electron chi connectivity index (χ3n) is 3.53. The van der Waals surface area contributed by atoms with Crippen molar-refractivity contribution in [3.8, 4) is 12.0 Å². The smallest absolute Gasteiger partial charge is 0.148 e. The summed E-state index contributed by atoms with van der Waals surface area (Å²) in [7, 11) is 0. The van der Waals surface area contributed by atoms with Crippen LogP contribution in [0.4, 0.5) is 0 Å². The third-order valence-corrected chi connectivity index (χ3v) is 3.53. The summed E-state index contributed by atoms with van der Waals surface area (Å²) in [5.41, 5.74) is 0. The lowest BCUT2D eigenvalue weighted by atomic mass is 10.1. The van der Waals surface area contributed by atoms with E-state index >= 15 is 0 Å². The van der Waals surface area contributed by atoms with Gasteiger partial charge >= 0.3 is 0 Å². The lowest BCUT2D eigenvalue weighted by Gasteiger charge is -2.01. The number of hydrogen-bond acceptors (Lipinski definition) is 1. The Morgan fingerprint density at radius 2 is 1.25 bits per heavy atom. The van der Waals surface area contributed by atoms with E-state index in [0.717, 1.165) is 19.3 Å². The average Bonchev–Trinajstić information content (AvgIpc) is 2.47. The van der Waals surface area contributed by atoms with Gasteiger partial charge in [-0.25, -0.2) is 0 Å². The summed E-state index contributed by atoms with van der Waals surface area (Å²) in [6.45, 7) is 6.21. The van der Waals surface area contributed by atoms with E-state index in [1.54, 1.807) is 6.61 Å². The molecular weight excluding hydrogens is 244 g/mol. The summed E-state index contributed by atoms with van der Waals surface area (Å²) in [6, 6.07) is 0. The van der Waals surface area contributed by atoms with Gasteiger partial charge in [-0.05, 0) is 12.8 Å². The van der Waals surface area contributed by atoms with Gasteiger partial charge in [-0.15, -0.1) is 0 Å². The van der Waals surface area contributed by atoms with Crippen LogP contribution in [0.5, 0.6) is 0 Å². The molecule has 1 nitrogen and oxygen atoms in total. The molecule has 20 heavy (non-hydrogen) atoms. The SMILES string of the molecule is CCC[CH]OC#CCCCCCCCCCCCCC. The van der Waals surface area contributed by atoms with Crippen molar-refractivity contribution < 1.29 is 4.74 Å². The van der Waals surface area contributed by atoms with Crippen molar-refractivity contribution in [3.63, 3.8) is 0 Å². The lowest BCUT2D eigenvalue weighted by molar-refractivity contribution is 0.350. The summed E-state index contributed by atoms with van der Waals surface area (Å²) in [5.74, 6) is 3.07. The Kier molecular flexibility index (Phi) is 17.8. The predicted molar refractivity (Wildman–Crippen MR) is 89.1 cm³/mol. The molecule has 0 aliphatic carbocycles. The molecule has 0 fully saturated rings. The standard InChI is InChI=1S/C19H35O/c1-3-5-7-8-9-10-11-12-13-14-15-16-17-19-20-18-6-4-2/h18H,3-16H2,1-2H3. The first-order valence-corrected chi connectivity index (χ1v) is 8.87. The maximum absolute atomic E-state index is 5.09. The molecule has 0 heterocycles. The van der Waals surface area contributed by atoms with E-state index in [4.69, 9.17) is 4.74 Å². The summed E-state index contributed by atoms with van der Waals surface area (Å²) in [4.78, 5) is 0. The first kappa shape index (κ1) is 19.4. The minimum atomic E-state index is 0.983. The molecular formula is C19H35O. The topological polar surface area (TPSA) is 9.23 Å². The monoisotopic (exact) mass is 279 g/mol. The van der Waals surface area contributed by atoms with Gasteiger partial charge in [0.1, 0.15) is 12.7 Å². The third kappa shape index (κ3) is 17.4. The molecule has 0 bridgehead atoms. The van der Waals surface area contributed by atoms with Gasteiger partial charge in [0.05, 0.1) is 0 Å². The molecule has 0 unspecified atom stereocenters. The van der Waals surface area contributed by atoms with Crippen LogP contribution in [0.25, 0.3) is 0 Å². The maximum Gasteiger partial charge on any atom is 0.148 e. The Morgan fingerprint density at radius 1 is 0.700 bits per heavy atom. The van der Waals surface area contributed by atoms with Crippen LogP contribution >= 0.6 is 0 Å². The zero-order valence-electron chi connectivity index (χ0n) is 13.9. The highest BCUT2D eigenvalue weighted by Crippen LogP contribution is 2.11. The minimum Gasteiger partial charge on any atom is -0.439 e. The van der Waals surface area contributed by atoms with Crippen LogP contribution in [0.3, 0.4) is 0 Å². The number of hydrogen-bond donors (Lipinski definition) is 0. The van der Waals surface area contributed by atoms with Gasteiger partial charge in [0.2, 0.25) is 0 Å². The number of rotatable bonds is 14. The molecule has 0 amide bonds. The second-order valence-electron chi connectivity index (χ2n) is 5.64. The van der Waals surface area contributed by atoms with Crippen molar-refractivity contribution in [3.05, 3.63) is 6.61 Å². The van der Waals surface area contributed by atoms with Gasteiger partial charge in [-0.2, -0.15) is 0 Å². The Hall–Kier alpha value is -0.640. The van der Waals surface area contributed by atoms with Crippen molar-refractivity contribution >= 4 is 0 Å². The van der Waals surface area contributed by atoms with Crippen molar-refractivity contribution in [1.82, 2.24) is 0 Å². The summed E-state index contributed by atoms with van der Waals surface area (Å²) < 4.78 is 5.09. The normalized spacial score (nSPS) is 10.1. The molecule has 117 valence electrons. The molecule has 0 aromatic heterocycles. The highest BCUT2D eigenvalue weighted by molar-refractivity contribution is 4.91. The molecule has 0 spiro atoms. The molecule has 1 radical (unpaired) electrons. The van der Waals surface area contributed by atoms with Crippen molar-refractivity contribution in [2.24, 2.45) is 0 Å². The van der Waals surface area contributed by atoms with Gasteiger partial charge < -0.3 is 4.74 Å². The molecule has 0 aliphatic heterocycles. The molecule has 0 saturated heterocycles. The van der Waals surface area contributed by atoms with E-state index in [2.05, 4.69) is 25.9 Å². The van der Waals surface area contributed by atoms with Gasteiger partial charge in [0.15, 0.2) is 0 Å². The van der Waals surface area contributed by atoms with Crippen LogP contribution in [0.15, 0.2) is 0 Å². The minimum absolute atomic E-state index is 0.983. The quantitative estimate of drug-likeness (QED) is 0.256. The maximum atomic E-state index is 5.09. The highest BCUT2D eigenvalue weighted by atomic mass is 16.5. The van der Waals surface area contributed by atoms with E-state index in [1.165, 1.54) is 70.6 Å². The van der Waals surface area contributed by atoms with Crippen LogP contribution in [0, 0.1) is 18.6 Å². The van der Waals surface area contributed by atoms with Crippen molar-refractivity contribution in [2.45, 2.75) is 104 Å². The number of ether oxygens (including phenoxy) is 1. The Morgan fingerprint density at radius 3 is 1.80 bits per heavy atom. The Labute approximate surface area is 127 Å². The Balaban J connectivity index is 3.02. The zero-order valence-corrected chi connectivity index (χ0v) is 13.9. The van der Waals surface area contributed by atoms with Crippen molar-refractivity contribution in [1.29, 1.82) is 0 Å². The van der Waals surface area contributed by atoms with E-state index in [9.17, 15) is 0 Å². The molecule has 0 aromatic rings. The molecule has 0 aromatic carbocycles. The molecule has 0 atom stereocenters. The van der Waals surface area contributed by atoms with Crippen molar-refractivity contribution in [2.75, 3.05) is 0 Å². The van der Waals surface area contributed by atoms with E-state index < -0.39 is 0 Å². The molecule has 0 rings (SSSR count). The summed E-state index contributed by atoms with van der Waals surface area (Å²) in [5, 5.41) is 0. The van der Waals surface area contributed by atoms with Crippen LogP contribution in [-0.4, -0.2) is 0 Å². The van der Waals surface area contributed by atoms with E-state index in [-0.39, 0.29) is 0 Å². The average molecular weight is 279 g/mol. The van der Waals surface area contributed by atoms with Gasteiger partial charge in [-0.3, -0.25) is 0 Å². The Bertz CT molecular complexity index is 224. The fraction of sp³-hybridized carbons (Fsp3) is 0.842. The fourth-order valence-electron chi connectivity index (χ4n) is 2.19. The van der Waals surface area contributed by atoms with Gasteiger partial charge in [0, 0.05) is 6.42 Å². The van der Waals surface area contributed by atoms with Gasteiger partial charge in [0.25, 0.3) is 0 Å². The number of unbranched alkanes of at least 4 members (excludes halogenated alkanes) is 12. The first-order valence-electron chi connectivity index (χ1n) is 8.87. The summed E-state index contributed by atoms with van der Waals surface area (Å²) >= 11 is 0. The van der Waals surface area contributed by atoms with Crippen LogP contribution < -0.4 is 0 Å². The fourth-order valence-corrected chi connectivity index (χ4v) is 2.19. The van der Waals surface area contributed by atoms with E-state index in [0.29, 0.717) is 0 Å². The first-order chi connectivity index (χ1) is 9.91. The molecule has 0 aliphatic rings. The van der Waals surface area contributed by atoms with Gasteiger partial charge in [-0.1, -0.05) is 90.4 Å².